The molecule has 0 spiro atoms. The molecule has 0 bridgehead atoms. The predicted octanol–water partition coefficient (Wildman–Crippen LogP) is 1.69. The van der Waals surface area contributed by atoms with E-state index in [4.69, 9.17) is 10.5 Å². The van der Waals surface area contributed by atoms with E-state index in [1.54, 1.807) is 0 Å². The van der Waals surface area contributed by atoms with Gasteiger partial charge in [0.25, 0.3) is 0 Å². The van der Waals surface area contributed by atoms with Crippen LogP contribution in [0.3, 0.4) is 0 Å². The number of pyridine rings is 1. The molecule has 1 aromatic heterocycles. The molecule has 4 heteroatoms. The molecular formula is C14H21N3O. The van der Waals surface area contributed by atoms with Crippen LogP contribution in [0, 0.1) is 0 Å². The first kappa shape index (κ1) is 11.9. The number of hydrogen-bond donors (Lipinski definition) is 1. The summed E-state index contributed by atoms with van der Waals surface area (Å²) in [4.78, 5) is 6.67. The normalized spacial score (nSPS) is 27.9. The van der Waals surface area contributed by atoms with Gasteiger partial charge in [0.2, 0.25) is 0 Å². The van der Waals surface area contributed by atoms with Crippen LogP contribution in [-0.4, -0.2) is 30.3 Å². The van der Waals surface area contributed by atoms with Crippen LogP contribution in [0.5, 0.6) is 0 Å². The molecule has 1 aromatic rings. The fourth-order valence-corrected chi connectivity index (χ4v) is 3.25. The second kappa shape index (κ2) is 5.24. The van der Waals surface area contributed by atoms with E-state index in [1.165, 1.54) is 31.4 Å². The summed E-state index contributed by atoms with van der Waals surface area (Å²) in [6.07, 6.45) is 9.21. The minimum absolute atomic E-state index is 0.409. The van der Waals surface area contributed by atoms with E-state index >= 15 is 0 Å². The Morgan fingerprint density at radius 2 is 2.28 bits per heavy atom. The maximum atomic E-state index is 5.92. The number of aromatic nitrogens is 1. The van der Waals surface area contributed by atoms with E-state index in [0.29, 0.717) is 18.7 Å². The molecule has 2 aliphatic rings. The van der Waals surface area contributed by atoms with Crippen LogP contribution >= 0.6 is 0 Å². The van der Waals surface area contributed by atoms with E-state index in [2.05, 4.69) is 16.0 Å². The van der Waals surface area contributed by atoms with Crippen molar-refractivity contribution in [2.75, 3.05) is 18.1 Å². The standard InChI is InChI=1S/C14H21N3O/c15-9-11-10-16-6-5-12(11)17-7-8-18-14-4-2-1-3-13(14)17/h5-6,10,13-14H,1-4,7-9,15H2. The zero-order valence-corrected chi connectivity index (χ0v) is 10.7. The van der Waals surface area contributed by atoms with E-state index in [-0.39, 0.29) is 0 Å². The highest BCUT2D eigenvalue weighted by atomic mass is 16.5. The van der Waals surface area contributed by atoms with E-state index < -0.39 is 0 Å². The first-order valence-electron chi connectivity index (χ1n) is 6.91. The highest BCUT2D eigenvalue weighted by Gasteiger charge is 2.34. The van der Waals surface area contributed by atoms with Crippen LogP contribution in [0.2, 0.25) is 0 Å². The maximum Gasteiger partial charge on any atom is 0.0779 e. The zero-order valence-electron chi connectivity index (χ0n) is 10.7. The molecule has 2 unspecified atom stereocenters. The molecule has 1 saturated carbocycles. The lowest BCUT2D eigenvalue weighted by molar-refractivity contribution is -0.00874. The Kier molecular flexibility index (Phi) is 3.48. The number of anilines is 1. The summed E-state index contributed by atoms with van der Waals surface area (Å²) in [6, 6.07) is 2.62. The van der Waals surface area contributed by atoms with Gasteiger partial charge in [0, 0.05) is 36.7 Å². The summed E-state index contributed by atoms with van der Waals surface area (Å²) in [6.45, 7) is 2.35. The van der Waals surface area contributed by atoms with Crippen molar-refractivity contribution < 1.29 is 4.74 Å². The molecule has 4 nitrogen and oxygen atoms in total. The van der Waals surface area contributed by atoms with Crippen molar-refractivity contribution in [2.45, 2.75) is 44.4 Å². The Hall–Kier alpha value is -1.13. The predicted molar refractivity (Wildman–Crippen MR) is 71.5 cm³/mol. The van der Waals surface area contributed by atoms with E-state index in [9.17, 15) is 0 Å². The molecule has 1 aliphatic heterocycles. The Balaban J connectivity index is 1.89. The smallest absolute Gasteiger partial charge is 0.0779 e. The van der Waals surface area contributed by atoms with Gasteiger partial charge >= 0.3 is 0 Å². The van der Waals surface area contributed by atoms with Crippen molar-refractivity contribution in [1.29, 1.82) is 0 Å². The van der Waals surface area contributed by atoms with E-state index in [1.807, 2.05) is 12.4 Å². The molecule has 1 aliphatic carbocycles. The maximum absolute atomic E-state index is 5.92. The highest BCUT2D eigenvalue weighted by Crippen LogP contribution is 2.33. The minimum atomic E-state index is 0.409. The van der Waals surface area contributed by atoms with Crippen molar-refractivity contribution in [1.82, 2.24) is 4.98 Å². The summed E-state index contributed by atoms with van der Waals surface area (Å²) in [7, 11) is 0. The van der Waals surface area contributed by atoms with Gasteiger partial charge in [-0.1, -0.05) is 12.8 Å². The molecule has 1 saturated heterocycles. The van der Waals surface area contributed by atoms with Gasteiger partial charge < -0.3 is 15.4 Å². The minimum Gasteiger partial charge on any atom is -0.374 e. The molecule has 2 atom stereocenters. The van der Waals surface area contributed by atoms with Gasteiger partial charge in [-0.15, -0.1) is 0 Å². The third kappa shape index (κ3) is 2.10. The number of rotatable bonds is 2. The molecule has 18 heavy (non-hydrogen) atoms. The molecule has 0 aromatic carbocycles. The van der Waals surface area contributed by atoms with Gasteiger partial charge in [-0.2, -0.15) is 0 Å². The molecule has 2 heterocycles. The van der Waals surface area contributed by atoms with Crippen LogP contribution in [0.15, 0.2) is 18.5 Å². The number of morpholine rings is 1. The summed E-state index contributed by atoms with van der Waals surface area (Å²) in [5, 5.41) is 0. The van der Waals surface area contributed by atoms with Crippen molar-refractivity contribution >= 4 is 5.69 Å². The van der Waals surface area contributed by atoms with Crippen LogP contribution in [0.25, 0.3) is 0 Å². The third-order valence-corrected chi connectivity index (χ3v) is 4.14. The fourth-order valence-electron chi connectivity index (χ4n) is 3.25. The fraction of sp³-hybridized carbons (Fsp3) is 0.643. The number of hydrogen-bond acceptors (Lipinski definition) is 4. The van der Waals surface area contributed by atoms with Crippen molar-refractivity contribution in [3.8, 4) is 0 Å². The lowest BCUT2D eigenvalue weighted by atomic mass is 9.89. The molecular weight excluding hydrogens is 226 g/mol. The van der Waals surface area contributed by atoms with Crippen LogP contribution in [0.4, 0.5) is 5.69 Å². The summed E-state index contributed by atoms with van der Waals surface area (Å²) in [5.74, 6) is 0. The van der Waals surface area contributed by atoms with Crippen LogP contribution in [0.1, 0.15) is 31.2 Å². The number of nitrogens with two attached hydrogens (primary N) is 1. The topological polar surface area (TPSA) is 51.4 Å². The summed E-state index contributed by atoms with van der Waals surface area (Å²) in [5.41, 5.74) is 8.23. The van der Waals surface area contributed by atoms with Gasteiger partial charge in [-0.3, -0.25) is 4.98 Å². The molecule has 0 amide bonds. The second-order valence-electron chi connectivity index (χ2n) is 5.16. The number of ether oxygens (including phenoxy) is 1. The van der Waals surface area contributed by atoms with Gasteiger partial charge in [-0.25, -0.2) is 0 Å². The monoisotopic (exact) mass is 247 g/mol. The molecule has 3 rings (SSSR count). The summed E-state index contributed by atoms with van der Waals surface area (Å²) >= 11 is 0. The zero-order chi connectivity index (χ0) is 12.4. The molecule has 98 valence electrons. The first-order valence-corrected chi connectivity index (χ1v) is 6.91. The van der Waals surface area contributed by atoms with Crippen molar-refractivity contribution in [2.24, 2.45) is 5.73 Å². The summed E-state index contributed by atoms with van der Waals surface area (Å²) < 4.78 is 5.92. The Bertz CT molecular complexity index is 408. The molecule has 2 fully saturated rings. The molecule has 0 radical (unpaired) electrons. The van der Waals surface area contributed by atoms with Crippen LogP contribution < -0.4 is 10.6 Å². The lowest BCUT2D eigenvalue weighted by Gasteiger charge is -2.45. The Morgan fingerprint density at radius 3 is 3.17 bits per heavy atom. The van der Waals surface area contributed by atoms with Gasteiger partial charge in [-0.05, 0) is 18.9 Å². The van der Waals surface area contributed by atoms with E-state index in [0.717, 1.165) is 18.7 Å². The lowest BCUT2D eigenvalue weighted by Crippen LogP contribution is -2.53. The first-order chi connectivity index (χ1) is 8.90. The van der Waals surface area contributed by atoms with Gasteiger partial charge in [0.15, 0.2) is 0 Å². The van der Waals surface area contributed by atoms with Gasteiger partial charge in [0.1, 0.15) is 0 Å². The average Bonchev–Trinajstić information content (AvgIpc) is 2.46. The van der Waals surface area contributed by atoms with Crippen molar-refractivity contribution in [3.63, 3.8) is 0 Å². The SMILES string of the molecule is NCc1cnccc1N1CCOC2CCCCC21. The van der Waals surface area contributed by atoms with Crippen molar-refractivity contribution in [3.05, 3.63) is 24.0 Å². The largest absolute Gasteiger partial charge is 0.374 e. The van der Waals surface area contributed by atoms with Crippen LogP contribution in [-0.2, 0) is 11.3 Å². The number of fused-ring (bicyclic) bond motifs is 1. The highest BCUT2D eigenvalue weighted by molar-refractivity contribution is 5.53. The number of nitrogens with zero attached hydrogens (tertiary/aromatic N) is 2. The third-order valence-electron chi connectivity index (χ3n) is 4.14. The molecule has 2 N–H and O–H groups in total. The Labute approximate surface area is 108 Å². The van der Waals surface area contributed by atoms with Gasteiger partial charge in [0.05, 0.1) is 18.8 Å². The quantitative estimate of drug-likeness (QED) is 0.864. The second-order valence-corrected chi connectivity index (χ2v) is 5.16. The average molecular weight is 247 g/mol. The Morgan fingerprint density at radius 1 is 1.39 bits per heavy atom.